The first-order valence-electron chi connectivity index (χ1n) is 21.4. The zero-order valence-electron chi connectivity index (χ0n) is 38.8. The number of aliphatic hydroxyl groups excluding tert-OH is 4. The van der Waals surface area contributed by atoms with E-state index in [0.717, 1.165) is 26.2 Å². The second-order valence-electron chi connectivity index (χ2n) is 15.5. The molecule has 8 rings (SSSR count). The molecule has 2 saturated heterocycles. The molecule has 74 heavy (non-hydrogen) atoms. The van der Waals surface area contributed by atoms with Gasteiger partial charge in [-0.05, 0) is 38.4 Å². The van der Waals surface area contributed by atoms with Gasteiger partial charge in [0.05, 0.1) is 10.0 Å². The summed E-state index contributed by atoms with van der Waals surface area (Å²) in [6, 6.07) is 6.40. The van der Waals surface area contributed by atoms with Gasteiger partial charge in [0.15, 0.2) is 11.4 Å². The smallest absolute Gasteiger partial charge is 0.412 e. The van der Waals surface area contributed by atoms with Crippen molar-refractivity contribution in [1.82, 2.24) is 49.5 Å². The molecule has 2 fully saturated rings. The Morgan fingerprint density at radius 2 is 0.905 bits per heavy atom. The first-order chi connectivity index (χ1) is 35.3. The maximum atomic E-state index is 12.8. The largest absolute Gasteiger partial charge is 0.479 e. The lowest BCUT2D eigenvalue weighted by Crippen LogP contribution is -2.48. The van der Waals surface area contributed by atoms with E-state index in [2.05, 4.69) is 49.2 Å². The summed E-state index contributed by atoms with van der Waals surface area (Å²) >= 11 is 11.8. The lowest BCUT2D eigenvalue weighted by molar-refractivity contribution is -0.187. The molecule has 0 aromatic carbocycles. The molecule has 4 aromatic rings. The summed E-state index contributed by atoms with van der Waals surface area (Å²) in [5.41, 5.74) is 0.874. The van der Waals surface area contributed by atoms with Gasteiger partial charge in [-0.15, -0.1) is 0 Å². The number of aliphatic carboxylic acids is 2. The number of likely N-dealkylation sites (N-methyl/N-ethyl adjacent to an activating group) is 2. The summed E-state index contributed by atoms with van der Waals surface area (Å²) in [7, 11) is 4.00. The van der Waals surface area contributed by atoms with Crippen LogP contribution in [-0.2, 0) is 38.1 Å². The van der Waals surface area contributed by atoms with E-state index in [1.165, 1.54) is 47.0 Å². The zero-order valence-corrected chi connectivity index (χ0v) is 40.3. The highest BCUT2D eigenvalue weighted by atomic mass is 35.5. The van der Waals surface area contributed by atoms with Gasteiger partial charge in [0.1, 0.15) is 23.0 Å². The van der Waals surface area contributed by atoms with Crippen LogP contribution in [0.1, 0.15) is 44.8 Å². The van der Waals surface area contributed by atoms with Gasteiger partial charge >= 0.3 is 24.1 Å². The minimum Gasteiger partial charge on any atom is -0.479 e. The van der Waals surface area contributed by atoms with Gasteiger partial charge < -0.3 is 69.2 Å². The fourth-order valence-corrected chi connectivity index (χ4v) is 6.81. The Morgan fingerprint density at radius 1 is 0.568 bits per heavy atom. The number of ether oxygens (including phenoxy) is 4. The van der Waals surface area contributed by atoms with Gasteiger partial charge in [-0.3, -0.25) is 29.1 Å². The van der Waals surface area contributed by atoms with Gasteiger partial charge in [-0.2, -0.15) is 0 Å². The number of amides is 4. The van der Waals surface area contributed by atoms with Gasteiger partial charge in [0.25, 0.3) is 24.8 Å². The topological polar surface area (TPSA) is 392 Å². The number of aliphatic hydroxyl groups is 4. The van der Waals surface area contributed by atoms with Crippen LogP contribution < -0.4 is 9.80 Å². The van der Waals surface area contributed by atoms with Crippen molar-refractivity contribution >= 4 is 83.7 Å². The van der Waals surface area contributed by atoms with Crippen molar-refractivity contribution in [2.45, 2.75) is 37.2 Å². The average Bonchev–Trinajstić information content (AvgIpc) is 3.83. The number of carbonyl (C=O) groups excluding carboxylic acids is 6. The second-order valence-corrected chi connectivity index (χ2v) is 16.3. The van der Waals surface area contributed by atoms with Crippen LogP contribution in [0.3, 0.4) is 0 Å². The number of carboxylic acid groups (broad SMARTS) is 2. The number of hydrogen-bond donors (Lipinski definition) is 6. The molecule has 32 heteroatoms. The molecular weight excluding hydrogens is 1030 g/mol. The molecule has 0 bridgehead atoms. The summed E-state index contributed by atoms with van der Waals surface area (Å²) in [5, 5.41) is 50.4. The molecule has 0 spiro atoms. The molecule has 396 valence electrons. The highest BCUT2D eigenvalue weighted by Gasteiger charge is 2.46. The quantitative estimate of drug-likeness (QED) is 0.0562. The zero-order chi connectivity index (χ0) is 54.2. The Bertz CT molecular complexity index is 2440. The number of pyridine rings is 2. The van der Waals surface area contributed by atoms with E-state index in [1.54, 1.807) is 34.1 Å². The van der Waals surface area contributed by atoms with Crippen molar-refractivity contribution in [1.29, 1.82) is 0 Å². The summed E-state index contributed by atoms with van der Waals surface area (Å²) in [5.74, 6) is -3.56. The Hall–Kier alpha value is -7.84. The first kappa shape index (κ1) is 57.1. The van der Waals surface area contributed by atoms with Crippen molar-refractivity contribution in [2.75, 3.05) is 76.3 Å². The molecular formula is C42H46Cl2N12O18. The van der Waals surface area contributed by atoms with Gasteiger partial charge in [0.2, 0.25) is 37.2 Å². The monoisotopic (exact) mass is 1080 g/mol. The number of nitrogens with zero attached hydrogens (tertiary/aromatic N) is 12. The third-order valence-corrected chi connectivity index (χ3v) is 11.0. The third kappa shape index (κ3) is 14.7. The van der Waals surface area contributed by atoms with E-state index in [9.17, 15) is 38.4 Å². The maximum Gasteiger partial charge on any atom is 0.412 e. The third-order valence-electron chi connectivity index (χ3n) is 10.5. The number of carbonyl (C=O) groups is 8. The van der Waals surface area contributed by atoms with Crippen molar-refractivity contribution in [3.63, 3.8) is 0 Å². The van der Waals surface area contributed by atoms with E-state index < -0.39 is 73.2 Å². The van der Waals surface area contributed by atoms with Crippen LogP contribution in [0.15, 0.2) is 61.4 Å². The van der Waals surface area contributed by atoms with Crippen molar-refractivity contribution < 1.29 is 87.9 Å². The van der Waals surface area contributed by atoms with E-state index >= 15 is 0 Å². The SMILES string of the molecule is CN1CCN(C(=O)O[C@H]2c3nccnc3C(=O)N2c2ccc(Cl)cn2)CC1.CN1CCN(C(=O)O[C@H]2c3nccnc3C(=O)N2c2ccc(Cl)cn2)CC1.O=CO[C@@H](O)[C@H](O)C(=O)O.O=CO[C@@H](O)[C@H](O)C(=O)O. The molecule has 4 amide bonds. The van der Waals surface area contributed by atoms with E-state index in [4.69, 9.17) is 63.3 Å². The maximum absolute atomic E-state index is 12.8. The van der Waals surface area contributed by atoms with Crippen LogP contribution in [0.25, 0.3) is 0 Å². The standard InChI is InChI=1S/2C17H17ClN6O3.2C4H6O6/c2*1-22-6-8-23(9-7-22)17(26)27-16-14-13(19-4-5-20-14)15(25)24(16)12-3-2-11(18)10-21-12;2*5-1-10-4(9)2(6)3(7)8/h2*2-5,10,16H,6-9H2,1H3;2*1-2,4,6,9H,(H,7,8)/t2*16-;2*2-,4-/m0011/s1. The van der Waals surface area contributed by atoms with Gasteiger partial charge in [0, 0.05) is 89.5 Å². The van der Waals surface area contributed by atoms with Gasteiger partial charge in [-0.1, -0.05) is 23.2 Å². The fourth-order valence-electron chi connectivity index (χ4n) is 6.59. The number of halogens is 2. The number of rotatable bonds is 12. The molecule has 4 aliphatic rings. The summed E-state index contributed by atoms with van der Waals surface area (Å²) < 4.78 is 18.8. The Balaban J connectivity index is 0.000000203. The molecule has 4 aromatic heterocycles. The number of hydrogen-bond acceptors (Lipinski definition) is 24. The van der Waals surface area contributed by atoms with Crippen LogP contribution in [0.5, 0.6) is 0 Å². The molecule has 30 nitrogen and oxygen atoms in total. The highest BCUT2D eigenvalue weighted by molar-refractivity contribution is 6.30. The molecule has 8 heterocycles. The predicted octanol–water partition coefficient (Wildman–Crippen LogP) is -1.02. The fraction of sp³-hybridized carbons (Fsp3) is 0.381. The van der Waals surface area contributed by atoms with E-state index in [0.29, 0.717) is 59.2 Å². The number of aromatic nitrogens is 6. The lowest BCUT2D eigenvalue weighted by atomic mass is 10.3. The van der Waals surface area contributed by atoms with Crippen LogP contribution in [0.4, 0.5) is 21.2 Å². The van der Waals surface area contributed by atoms with Gasteiger partial charge in [-0.25, -0.2) is 48.9 Å². The summed E-state index contributed by atoms with van der Waals surface area (Å²) in [6.07, 6.45) is -2.63. The molecule has 0 unspecified atom stereocenters. The Kier molecular flexibility index (Phi) is 20.6. The van der Waals surface area contributed by atoms with E-state index in [-0.39, 0.29) is 24.3 Å². The lowest BCUT2D eigenvalue weighted by Gasteiger charge is -2.33. The number of piperazine rings is 2. The van der Waals surface area contributed by atoms with Crippen LogP contribution >= 0.6 is 23.2 Å². The second kappa shape index (κ2) is 26.7. The number of carboxylic acids is 2. The number of fused-ring (bicyclic) bond motifs is 2. The Labute approximate surface area is 427 Å². The minimum absolute atomic E-state index is 0.144. The van der Waals surface area contributed by atoms with Crippen LogP contribution in [-0.4, -0.2) is 220 Å². The highest BCUT2D eigenvalue weighted by Crippen LogP contribution is 2.37. The van der Waals surface area contributed by atoms with Crippen LogP contribution in [0, 0.1) is 0 Å². The molecule has 6 N–H and O–H groups in total. The predicted molar refractivity (Wildman–Crippen MR) is 246 cm³/mol. The van der Waals surface area contributed by atoms with Crippen molar-refractivity contribution in [3.8, 4) is 0 Å². The minimum atomic E-state index is -2.09. The summed E-state index contributed by atoms with van der Waals surface area (Å²) in [6.45, 7) is 4.97. The first-order valence-corrected chi connectivity index (χ1v) is 22.2. The molecule has 4 aliphatic heterocycles. The van der Waals surface area contributed by atoms with E-state index in [1.807, 2.05) is 14.1 Å². The molecule has 6 atom stereocenters. The normalized spacial score (nSPS) is 18.7. The van der Waals surface area contributed by atoms with Crippen molar-refractivity contribution in [3.05, 3.63) is 94.3 Å². The van der Waals surface area contributed by atoms with Crippen LogP contribution in [0.2, 0.25) is 10.0 Å². The molecule has 0 radical (unpaired) electrons. The Morgan fingerprint density at radius 3 is 1.20 bits per heavy atom. The number of anilines is 2. The molecule has 0 aliphatic carbocycles. The van der Waals surface area contributed by atoms with Crippen molar-refractivity contribution in [2.24, 2.45) is 0 Å². The molecule has 0 saturated carbocycles. The summed E-state index contributed by atoms with van der Waals surface area (Å²) in [4.78, 5) is 125. The average molecular weight is 1080 g/mol.